The Balaban J connectivity index is 1.43. The van der Waals surface area contributed by atoms with Gasteiger partial charge in [-0.3, -0.25) is 9.59 Å². The molecule has 4 rings (SSSR count). The molecule has 2 aliphatic heterocycles. The molecule has 2 aliphatic rings. The summed E-state index contributed by atoms with van der Waals surface area (Å²) >= 11 is 0. The lowest BCUT2D eigenvalue weighted by Gasteiger charge is -2.35. The van der Waals surface area contributed by atoms with Crippen molar-refractivity contribution in [1.29, 1.82) is 0 Å². The van der Waals surface area contributed by atoms with Gasteiger partial charge in [0, 0.05) is 11.8 Å². The largest absolute Gasteiger partial charge is 0.497 e. The molecule has 2 heterocycles. The van der Waals surface area contributed by atoms with Crippen molar-refractivity contribution >= 4 is 23.2 Å². The monoisotopic (exact) mass is 380 g/mol. The number of hydrogen-bond donors (Lipinski definition) is 1. The predicted molar refractivity (Wildman–Crippen MR) is 108 cm³/mol. The quantitative estimate of drug-likeness (QED) is 0.806. The number of imide groups is 1. The SMILES string of the molecule is COc1cccc(N2CC[NH+]([C@@H]3CC(=O)N(c4cccc(C)c4)C3=O)CC2)c1. The first-order valence-electron chi connectivity index (χ1n) is 9.74. The molecule has 2 saturated heterocycles. The van der Waals surface area contributed by atoms with Crippen LogP contribution in [-0.2, 0) is 9.59 Å². The second kappa shape index (κ2) is 7.64. The van der Waals surface area contributed by atoms with Gasteiger partial charge in [-0.25, -0.2) is 4.90 Å². The van der Waals surface area contributed by atoms with Gasteiger partial charge in [0.15, 0.2) is 6.04 Å². The van der Waals surface area contributed by atoms with Gasteiger partial charge in [0.25, 0.3) is 5.91 Å². The van der Waals surface area contributed by atoms with Crippen LogP contribution in [0.2, 0.25) is 0 Å². The van der Waals surface area contributed by atoms with Crippen LogP contribution in [0, 0.1) is 6.92 Å². The average Bonchev–Trinajstić information content (AvgIpc) is 3.02. The van der Waals surface area contributed by atoms with Crippen molar-refractivity contribution in [3.05, 3.63) is 54.1 Å². The number of carbonyl (C=O) groups is 2. The lowest BCUT2D eigenvalue weighted by Crippen LogP contribution is -3.19. The molecule has 6 heteroatoms. The average molecular weight is 380 g/mol. The van der Waals surface area contributed by atoms with Crippen molar-refractivity contribution in [3.8, 4) is 5.75 Å². The number of hydrogen-bond acceptors (Lipinski definition) is 4. The van der Waals surface area contributed by atoms with Gasteiger partial charge in [-0.2, -0.15) is 0 Å². The molecule has 6 nitrogen and oxygen atoms in total. The van der Waals surface area contributed by atoms with Crippen molar-refractivity contribution in [3.63, 3.8) is 0 Å². The summed E-state index contributed by atoms with van der Waals surface area (Å²) in [6, 6.07) is 15.4. The van der Waals surface area contributed by atoms with Crippen molar-refractivity contribution in [2.75, 3.05) is 43.1 Å². The summed E-state index contributed by atoms with van der Waals surface area (Å²) in [5.41, 5.74) is 2.86. The van der Waals surface area contributed by atoms with Crippen LogP contribution >= 0.6 is 0 Å². The van der Waals surface area contributed by atoms with Crippen LogP contribution in [0.15, 0.2) is 48.5 Å². The molecule has 1 N–H and O–H groups in total. The van der Waals surface area contributed by atoms with Crippen LogP contribution < -0.4 is 19.4 Å². The second-order valence-electron chi connectivity index (χ2n) is 7.51. The van der Waals surface area contributed by atoms with Gasteiger partial charge in [0.05, 0.1) is 45.4 Å². The predicted octanol–water partition coefficient (Wildman–Crippen LogP) is 1.04. The molecule has 0 aromatic heterocycles. The maximum absolute atomic E-state index is 13.0. The van der Waals surface area contributed by atoms with Gasteiger partial charge in [0.2, 0.25) is 5.91 Å². The number of aryl methyl sites for hydroxylation is 1. The third-order valence-electron chi connectivity index (χ3n) is 5.72. The second-order valence-corrected chi connectivity index (χ2v) is 7.51. The molecule has 28 heavy (non-hydrogen) atoms. The van der Waals surface area contributed by atoms with Crippen LogP contribution in [0.5, 0.6) is 5.75 Å². The van der Waals surface area contributed by atoms with Crippen molar-refractivity contribution in [2.24, 2.45) is 0 Å². The molecule has 0 spiro atoms. The smallest absolute Gasteiger partial charge is 0.292 e. The number of rotatable bonds is 4. The Labute approximate surface area is 165 Å². The fourth-order valence-corrected chi connectivity index (χ4v) is 4.20. The van der Waals surface area contributed by atoms with Gasteiger partial charge in [-0.05, 0) is 36.8 Å². The number of methoxy groups -OCH3 is 1. The van der Waals surface area contributed by atoms with E-state index in [4.69, 9.17) is 4.74 Å². The number of quaternary nitrogens is 1. The van der Waals surface area contributed by atoms with E-state index < -0.39 is 0 Å². The zero-order valence-corrected chi connectivity index (χ0v) is 16.4. The van der Waals surface area contributed by atoms with Gasteiger partial charge < -0.3 is 14.5 Å². The van der Waals surface area contributed by atoms with Crippen molar-refractivity contribution in [1.82, 2.24) is 0 Å². The number of nitrogens with one attached hydrogen (secondary N) is 1. The van der Waals surface area contributed by atoms with E-state index in [1.165, 1.54) is 9.80 Å². The number of carbonyl (C=O) groups excluding carboxylic acids is 2. The summed E-state index contributed by atoms with van der Waals surface area (Å²) < 4.78 is 5.32. The van der Waals surface area contributed by atoms with Gasteiger partial charge >= 0.3 is 0 Å². The van der Waals surface area contributed by atoms with E-state index in [0.717, 1.165) is 43.2 Å². The summed E-state index contributed by atoms with van der Waals surface area (Å²) in [6.45, 7) is 5.34. The third kappa shape index (κ3) is 3.47. The molecule has 2 aromatic carbocycles. The molecule has 2 fully saturated rings. The summed E-state index contributed by atoms with van der Waals surface area (Å²) in [5, 5.41) is 0. The highest BCUT2D eigenvalue weighted by Crippen LogP contribution is 2.24. The zero-order valence-electron chi connectivity index (χ0n) is 16.4. The van der Waals surface area contributed by atoms with Crippen LogP contribution in [0.3, 0.4) is 0 Å². The fraction of sp³-hybridized carbons (Fsp3) is 0.364. The van der Waals surface area contributed by atoms with Crippen LogP contribution in [0.25, 0.3) is 0 Å². The number of anilines is 2. The number of benzene rings is 2. The van der Waals surface area contributed by atoms with E-state index >= 15 is 0 Å². The first-order valence-corrected chi connectivity index (χ1v) is 9.74. The van der Waals surface area contributed by atoms with Crippen LogP contribution in [0.1, 0.15) is 12.0 Å². The zero-order chi connectivity index (χ0) is 19.7. The Bertz CT molecular complexity index is 890. The minimum Gasteiger partial charge on any atom is -0.497 e. The molecular weight excluding hydrogens is 354 g/mol. The summed E-state index contributed by atoms with van der Waals surface area (Å²) in [5.74, 6) is 0.682. The van der Waals surface area contributed by atoms with Crippen LogP contribution in [-0.4, -0.2) is 51.1 Å². The lowest BCUT2D eigenvalue weighted by atomic mass is 10.1. The molecule has 0 saturated carbocycles. The maximum Gasteiger partial charge on any atom is 0.292 e. The van der Waals surface area contributed by atoms with E-state index in [0.29, 0.717) is 12.1 Å². The molecule has 0 unspecified atom stereocenters. The van der Waals surface area contributed by atoms with Crippen molar-refractivity contribution in [2.45, 2.75) is 19.4 Å². The molecule has 146 valence electrons. The fourth-order valence-electron chi connectivity index (χ4n) is 4.20. The Morgan fingerprint density at radius 3 is 2.43 bits per heavy atom. The van der Waals surface area contributed by atoms with Gasteiger partial charge in [-0.1, -0.05) is 18.2 Å². The Kier molecular flexibility index (Phi) is 5.05. The molecule has 2 aromatic rings. The Morgan fingerprint density at radius 2 is 1.71 bits per heavy atom. The molecular formula is C22H26N3O3+. The minimum absolute atomic E-state index is 0.0690. The van der Waals surface area contributed by atoms with Gasteiger partial charge in [0.1, 0.15) is 5.75 Å². The molecule has 0 bridgehead atoms. The first kappa shape index (κ1) is 18.5. The molecule has 0 radical (unpaired) electrons. The summed E-state index contributed by atoms with van der Waals surface area (Å²) in [6.07, 6.45) is 0.293. The van der Waals surface area contributed by atoms with E-state index in [2.05, 4.69) is 11.0 Å². The van der Waals surface area contributed by atoms with E-state index in [1.807, 2.05) is 49.4 Å². The van der Waals surface area contributed by atoms with E-state index in [1.54, 1.807) is 7.11 Å². The van der Waals surface area contributed by atoms with Crippen molar-refractivity contribution < 1.29 is 19.2 Å². The molecule has 0 aliphatic carbocycles. The Hall–Kier alpha value is -2.86. The number of nitrogens with zero attached hydrogens (tertiary/aromatic N) is 2. The molecule has 2 amide bonds. The molecule has 1 atom stereocenters. The van der Waals surface area contributed by atoms with E-state index in [-0.39, 0.29) is 17.9 Å². The normalized spacial score (nSPS) is 20.7. The third-order valence-corrected chi connectivity index (χ3v) is 5.72. The standard InChI is InChI=1S/C22H25N3O3/c1-16-5-3-7-18(13-16)25-21(26)15-20(22(25)27)24-11-9-23(10-12-24)17-6-4-8-19(14-17)28-2/h3-8,13-14,20H,9-12,15H2,1-2H3/p+1/t20-/m1/s1. The number of amides is 2. The maximum atomic E-state index is 13.0. The summed E-state index contributed by atoms with van der Waals surface area (Å²) in [4.78, 5) is 30.5. The summed E-state index contributed by atoms with van der Waals surface area (Å²) in [7, 11) is 1.67. The highest BCUT2D eigenvalue weighted by atomic mass is 16.5. The topological polar surface area (TPSA) is 54.3 Å². The highest BCUT2D eigenvalue weighted by molar-refractivity contribution is 6.21. The lowest BCUT2D eigenvalue weighted by molar-refractivity contribution is -0.915. The van der Waals surface area contributed by atoms with Crippen LogP contribution in [0.4, 0.5) is 11.4 Å². The number of piperazine rings is 1. The Morgan fingerprint density at radius 1 is 1.00 bits per heavy atom. The number of ether oxygens (including phenoxy) is 1. The highest BCUT2D eigenvalue weighted by Gasteiger charge is 2.46. The van der Waals surface area contributed by atoms with Gasteiger partial charge in [-0.15, -0.1) is 0 Å². The van der Waals surface area contributed by atoms with E-state index in [9.17, 15) is 9.59 Å². The minimum atomic E-state index is -0.277. The first-order chi connectivity index (χ1) is 13.6.